The van der Waals surface area contributed by atoms with Crippen LogP contribution >= 0.6 is 0 Å². The van der Waals surface area contributed by atoms with E-state index in [-0.39, 0.29) is 11.5 Å². The number of imidazole rings is 2. The lowest BCUT2D eigenvalue weighted by molar-refractivity contribution is 0.556. The SMILES string of the molecule is O=c1[nH]c(NCCc2c[nH]c3ccccc23)c(-c2ccc(F)cc2)n1CCCn1ccnc1. The number of aromatic nitrogens is 5. The molecule has 0 amide bonds. The van der Waals surface area contributed by atoms with Crippen LogP contribution in [-0.4, -0.2) is 30.6 Å². The zero-order chi connectivity index (χ0) is 22.6. The Kier molecular flexibility index (Phi) is 5.80. The molecule has 168 valence electrons. The van der Waals surface area contributed by atoms with Crippen LogP contribution in [0.5, 0.6) is 0 Å². The third kappa shape index (κ3) is 4.45. The van der Waals surface area contributed by atoms with Crippen molar-refractivity contribution in [3.05, 3.63) is 95.3 Å². The van der Waals surface area contributed by atoms with Gasteiger partial charge in [0, 0.05) is 54.7 Å². The zero-order valence-electron chi connectivity index (χ0n) is 18.1. The van der Waals surface area contributed by atoms with Gasteiger partial charge in [-0.05, 0) is 48.7 Å². The predicted octanol–water partition coefficient (Wildman–Crippen LogP) is 4.41. The quantitative estimate of drug-likeness (QED) is 0.315. The number of nitrogens with zero attached hydrogens (tertiary/aromatic N) is 3. The standard InChI is InChI=1S/C25H25FN6O/c26-20-8-6-18(7-9-20)23-24(28-11-10-19-16-29-22-5-2-1-4-21(19)22)30-25(33)32(23)14-3-13-31-15-12-27-17-31/h1-2,4-9,12,15-17,28-29H,3,10-11,13-14H2,(H,30,33). The molecule has 3 N–H and O–H groups in total. The van der Waals surface area contributed by atoms with Crippen molar-refractivity contribution in [2.75, 3.05) is 11.9 Å². The van der Waals surface area contributed by atoms with Gasteiger partial charge in [0.05, 0.1) is 12.0 Å². The van der Waals surface area contributed by atoms with Crippen LogP contribution in [0.15, 0.2) is 78.2 Å². The van der Waals surface area contributed by atoms with E-state index in [9.17, 15) is 9.18 Å². The smallest absolute Gasteiger partial charge is 0.327 e. The number of rotatable bonds is 9. The number of hydrogen-bond donors (Lipinski definition) is 3. The minimum Gasteiger partial charge on any atom is -0.369 e. The lowest BCUT2D eigenvalue weighted by Crippen LogP contribution is -2.18. The molecule has 0 spiro atoms. The number of aryl methyl sites for hydroxylation is 1. The van der Waals surface area contributed by atoms with Crippen molar-refractivity contribution in [1.82, 2.24) is 24.1 Å². The van der Waals surface area contributed by atoms with Gasteiger partial charge < -0.3 is 14.9 Å². The second-order valence-electron chi connectivity index (χ2n) is 8.00. The summed E-state index contributed by atoms with van der Waals surface area (Å²) in [5.41, 5.74) is 3.66. The van der Waals surface area contributed by atoms with E-state index in [1.807, 2.05) is 29.1 Å². The molecule has 0 aliphatic heterocycles. The van der Waals surface area contributed by atoms with E-state index < -0.39 is 0 Å². The summed E-state index contributed by atoms with van der Waals surface area (Å²) in [5, 5.41) is 4.59. The molecule has 0 fully saturated rings. The normalized spacial score (nSPS) is 11.3. The molecule has 0 bridgehead atoms. The van der Waals surface area contributed by atoms with Gasteiger partial charge in [0.1, 0.15) is 11.6 Å². The average Bonchev–Trinajstić information content (AvgIpc) is 3.55. The Labute approximate surface area is 189 Å². The third-order valence-electron chi connectivity index (χ3n) is 5.83. The van der Waals surface area contributed by atoms with Crippen LogP contribution in [0.2, 0.25) is 0 Å². The summed E-state index contributed by atoms with van der Waals surface area (Å²) in [6.07, 6.45) is 8.98. The van der Waals surface area contributed by atoms with E-state index in [2.05, 4.69) is 32.4 Å². The monoisotopic (exact) mass is 444 g/mol. The molecular weight excluding hydrogens is 419 g/mol. The van der Waals surface area contributed by atoms with Crippen molar-refractivity contribution in [3.63, 3.8) is 0 Å². The number of aromatic amines is 2. The molecule has 8 heteroatoms. The lowest BCUT2D eigenvalue weighted by Gasteiger charge is -2.12. The summed E-state index contributed by atoms with van der Waals surface area (Å²) in [5.74, 6) is 0.339. The molecule has 0 saturated carbocycles. The molecule has 0 radical (unpaired) electrons. The molecule has 7 nitrogen and oxygen atoms in total. The van der Waals surface area contributed by atoms with E-state index in [0.717, 1.165) is 36.2 Å². The number of benzene rings is 2. The molecule has 3 aromatic heterocycles. The molecule has 0 aliphatic rings. The molecule has 0 saturated heterocycles. The maximum absolute atomic E-state index is 13.6. The Bertz CT molecular complexity index is 1400. The summed E-state index contributed by atoms with van der Waals surface area (Å²) >= 11 is 0. The Morgan fingerprint density at radius 1 is 1.06 bits per heavy atom. The van der Waals surface area contributed by atoms with Gasteiger partial charge >= 0.3 is 5.69 Å². The summed E-state index contributed by atoms with van der Waals surface area (Å²) in [4.78, 5) is 23.1. The van der Waals surface area contributed by atoms with E-state index in [4.69, 9.17) is 0 Å². The molecular formula is C25H25FN6O. The Hall–Kier alpha value is -4.07. The molecule has 5 rings (SSSR count). The minimum absolute atomic E-state index is 0.186. The number of para-hydroxylation sites is 1. The largest absolute Gasteiger partial charge is 0.369 e. The predicted molar refractivity (Wildman–Crippen MR) is 128 cm³/mol. The highest BCUT2D eigenvalue weighted by Gasteiger charge is 2.16. The first-order valence-corrected chi connectivity index (χ1v) is 11.0. The fourth-order valence-corrected chi connectivity index (χ4v) is 4.21. The van der Waals surface area contributed by atoms with Crippen LogP contribution in [0.4, 0.5) is 10.2 Å². The molecule has 3 heterocycles. The van der Waals surface area contributed by atoms with Gasteiger partial charge in [-0.1, -0.05) is 18.2 Å². The van der Waals surface area contributed by atoms with Gasteiger partial charge in [0.25, 0.3) is 0 Å². The highest BCUT2D eigenvalue weighted by atomic mass is 19.1. The summed E-state index contributed by atoms with van der Waals surface area (Å²) in [7, 11) is 0. The second kappa shape index (κ2) is 9.20. The average molecular weight is 445 g/mol. The van der Waals surface area contributed by atoms with Crippen LogP contribution in [0.3, 0.4) is 0 Å². The first-order valence-electron chi connectivity index (χ1n) is 11.0. The number of halogens is 1. The number of anilines is 1. The molecule has 0 atom stereocenters. The lowest BCUT2D eigenvalue weighted by atomic mass is 10.1. The first-order chi connectivity index (χ1) is 16.2. The molecule has 0 aliphatic carbocycles. The van der Waals surface area contributed by atoms with Crippen LogP contribution in [-0.2, 0) is 19.5 Å². The molecule has 2 aromatic carbocycles. The topological polar surface area (TPSA) is 83.4 Å². The molecule has 0 unspecified atom stereocenters. The van der Waals surface area contributed by atoms with Crippen molar-refractivity contribution >= 4 is 16.7 Å². The Morgan fingerprint density at radius 2 is 1.91 bits per heavy atom. The van der Waals surface area contributed by atoms with Gasteiger partial charge in [-0.2, -0.15) is 0 Å². The van der Waals surface area contributed by atoms with Crippen LogP contribution < -0.4 is 11.0 Å². The second-order valence-corrected chi connectivity index (χ2v) is 8.00. The number of hydrogen-bond acceptors (Lipinski definition) is 3. The minimum atomic E-state index is -0.308. The number of nitrogens with one attached hydrogen (secondary N) is 3. The van der Waals surface area contributed by atoms with E-state index in [0.29, 0.717) is 18.9 Å². The van der Waals surface area contributed by atoms with Crippen molar-refractivity contribution in [1.29, 1.82) is 0 Å². The van der Waals surface area contributed by atoms with E-state index in [1.54, 1.807) is 29.2 Å². The number of fused-ring (bicyclic) bond motifs is 1. The van der Waals surface area contributed by atoms with Crippen LogP contribution in [0, 0.1) is 5.82 Å². The first kappa shape index (κ1) is 20.8. The highest BCUT2D eigenvalue weighted by molar-refractivity contribution is 5.83. The third-order valence-corrected chi connectivity index (χ3v) is 5.83. The summed E-state index contributed by atoms with van der Waals surface area (Å²) in [6.45, 7) is 1.93. The fraction of sp³-hybridized carbons (Fsp3) is 0.200. The van der Waals surface area contributed by atoms with Crippen molar-refractivity contribution in [3.8, 4) is 11.3 Å². The fourth-order valence-electron chi connectivity index (χ4n) is 4.21. The van der Waals surface area contributed by atoms with Crippen molar-refractivity contribution in [2.24, 2.45) is 0 Å². The zero-order valence-corrected chi connectivity index (χ0v) is 18.1. The molecule has 5 aromatic rings. The van der Waals surface area contributed by atoms with E-state index >= 15 is 0 Å². The maximum atomic E-state index is 13.6. The van der Waals surface area contributed by atoms with Crippen LogP contribution in [0.1, 0.15) is 12.0 Å². The maximum Gasteiger partial charge on any atom is 0.327 e. The Morgan fingerprint density at radius 3 is 2.73 bits per heavy atom. The number of H-pyrrole nitrogens is 2. The van der Waals surface area contributed by atoms with Crippen LogP contribution in [0.25, 0.3) is 22.2 Å². The van der Waals surface area contributed by atoms with Gasteiger partial charge in [-0.25, -0.2) is 14.2 Å². The highest BCUT2D eigenvalue weighted by Crippen LogP contribution is 2.26. The van der Waals surface area contributed by atoms with Crippen molar-refractivity contribution in [2.45, 2.75) is 25.9 Å². The summed E-state index contributed by atoms with van der Waals surface area (Å²) in [6, 6.07) is 14.4. The van der Waals surface area contributed by atoms with E-state index in [1.165, 1.54) is 23.1 Å². The van der Waals surface area contributed by atoms with Gasteiger partial charge in [0.2, 0.25) is 0 Å². The molecule has 33 heavy (non-hydrogen) atoms. The van der Waals surface area contributed by atoms with Gasteiger partial charge in [-0.15, -0.1) is 0 Å². The van der Waals surface area contributed by atoms with Gasteiger partial charge in [0.15, 0.2) is 0 Å². The Balaban J connectivity index is 1.37. The van der Waals surface area contributed by atoms with Crippen molar-refractivity contribution < 1.29 is 4.39 Å². The van der Waals surface area contributed by atoms with Gasteiger partial charge in [-0.3, -0.25) is 9.55 Å². The summed E-state index contributed by atoms with van der Waals surface area (Å²) < 4.78 is 17.3.